The Kier molecular flexibility index (Phi) is 5.73. The maximum Gasteiger partial charge on any atom is 0.389 e. The number of hydrogen-bond acceptors (Lipinski definition) is 3. The Morgan fingerprint density at radius 1 is 1.24 bits per heavy atom. The van der Waals surface area contributed by atoms with Gasteiger partial charge < -0.3 is 5.11 Å². The molecule has 1 aromatic carbocycles. The van der Waals surface area contributed by atoms with E-state index in [0.717, 1.165) is 0 Å². The first-order chi connectivity index (χ1) is 9.59. The number of rotatable bonds is 7. The van der Waals surface area contributed by atoms with Crippen LogP contribution in [0.3, 0.4) is 0 Å². The molecule has 0 fully saturated rings. The number of benzene rings is 1. The average Bonchev–Trinajstić information content (AvgIpc) is 2.33. The van der Waals surface area contributed by atoms with Crippen molar-refractivity contribution in [2.45, 2.75) is 30.8 Å². The summed E-state index contributed by atoms with van der Waals surface area (Å²) in [4.78, 5) is 10.9. The van der Waals surface area contributed by atoms with E-state index in [-0.39, 0.29) is 0 Å². The Hall–Kier alpha value is -1.61. The predicted molar refractivity (Wildman–Crippen MR) is 68.9 cm³/mol. The van der Waals surface area contributed by atoms with E-state index in [0.29, 0.717) is 5.56 Å². The third-order valence-corrected chi connectivity index (χ3v) is 3.89. The first-order valence-corrected chi connectivity index (χ1v) is 7.58. The highest BCUT2D eigenvalue weighted by atomic mass is 32.2. The van der Waals surface area contributed by atoms with Gasteiger partial charge in [0.2, 0.25) is 10.0 Å². The van der Waals surface area contributed by atoms with Crippen LogP contribution in [0.1, 0.15) is 18.4 Å². The van der Waals surface area contributed by atoms with E-state index in [2.05, 4.69) is 0 Å². The van der Waals surface area contributed by atoms with Crippen LogP contribution in [-0.2, 0) is 20.6 Å². The minimum absolute atomic E-state index is 0.407. The van der Waals surface area contributed by atoms with Gasteiger partial charge in [0.15, 0.2) is 0 Å². The van der Waals surface area contributed by atoms with Crippen molar-refractivity contribution in [3.8, 4) is 0 Å². The monoisotopic (exact) mass is 325 g/mol. The quantitative estimate of drug-likeness (QED) is 0.802. The molecule has 0 aliphatic rings. The first kappa shape index (κ1) is 17.4. The highest BCUT2D eigenvalue weighted by Gasteiger charge is 2.32. The van der Waals surface area contributed by atoms with Gasteiger partial charge in [0.25, 0.3) is 0 Å². The second-order valence-corrected chi connectivity index (χ2v) is 6.16. The largest absolute Gasteiger partial charge is 0.480 e. The number of halogens is 3. The van der Waals surface area contributed by atoms with E-state index in [9.17, 15) is 26.4 Å². The number of alkyl halides is 3. The van der Waals surface area contributed by atoms with Crippen molar-refractivity contribution in [1.82, 2.24) is 4.72 Å². The van der Waals surface area contributed by atoms with Gasteiger partial charge in [-0.25, -0.2) is 13.1 Å². The standard InChI is InChI=1S/C12H14F3NO4S/c13-12(14,15)7-6-10(11(17)18)16-21(19,20)8-9-4-2-1-3-5-9/h1-5,10,16H,6-8H2,(H,17,18). The van der Waals surface area contributed by atoms with Crippen LogP contribution in [0.25, 0.3) is 0 Å². The van der Waals surface area contributed by atoms with Gasteiger partial charge in [0.05, 0.1) is 5.75 Å². The first-order valence-electron chi connectivity index (χ1n) is 5.92. The van der Waals surface area contributed by atoms with Crippen molar-refractivity contribution in [1.29, 1.82) is 0 Å². The fourth-order valence-electron chi connectivity index (χ4n) is 1.59. The Labute approximate surface area is 119 Å². The number of carboxylic acids is 1. The van der Waals surface area contributed by atoms with Gasteiger partial charge in [-0.3, -0.25) is 4.79 Å². The van der Waals surface area contributed by atoms with Gasteiger partial charge in [-0.1, -0.05) is 30.3 Å². The number of nitrogens with one attached hydrogen (secondary N) is 1. The lowest BCUT2D eigenvalue weighted by Crippen LogP contribution is -2.41. The molecule has 1 unspecified atom stereocenters. The zero-order valence-electron chi connectivity index (χ0n) is 10.8. The van der Waals surface area contributed by atoms with Crippen molar-refractivity contribution >= 4 is 16.0 Å². The summed E-state index contributed by atoms with van der Waals surface area (Å²) in [6, 6.07) is 6.11. The second kappa shape index (κ2) is 6.90. The van der Waals surface area contributed by atoms with Crippen molar-refractivity contribution in [3.05, 3.63) is 35.9 Å². The molecule has 5 nitrogen and oxygen atoms in total. The molecule has 1 atom stereocenters. The summed E-state index contributed by atoms with van der Waals surface area (Å²) in [6.07, 6.45) is -6.77. The van der Waals surface area contributed by atoms with E-state index in [4.69, 9.17) is 5.11 Å². The molecule has 0 aliphatic heterocycles. The lowest BCUT2D eigenvalue weighted by Gasteiger charge is -2.15. The van der Waals surface area contributed by atoms with E-state index < -0.39 is 46.8 Å². The van der Waals surface area contributed by atoms with Crippen LogP contribution in [0.4, 0.5) is 13.2 Å². The zero-order chi connectivity index (χ0) is 16.1. The fourth-order valence-corrected chi connectivity index (χ4v) is 2.96. The molecule has 0 radical (unpaired) electrons. The van der Waals surface area contributed by atoms with Gasteiger partial charge in [-0.15, -0.1) is 0 Å². The molecule has 0 bridgehead atoms. The lowest BCUT2D eigenvalue weighted by molar-refractivity contribution is -0.145. The zero-order valence-corrected chi connectivity index (χ0v) is 11.6. The molecule has 0 saturated carbocycles. The Balaban J connectivity index is 2.71. The Morgan fingerprint density at radius 3 is 2.29 bits per heavy atom. The molecule has 21 heavy (non-hydrogen) atoms. The van der Waals surface area contributed by atoms with Crippen molar-refractivity contribution in [3.63, 3.8) is 0 Å². The van der Waals surface area contributed by atoms with E-state index in [1.807, 2.05) is 0 Å². The third-order valence-electron chi connectivity index (χ3n) is 2.54. The van der Waals surface area contributed by atoms with Crippen LogP contribution in [0, 0.1) is 0 Å². The minimum Gasteiger partial charge on any atom is -0.480 e. The summed E-state index contributed by atoms with van der Waals surface area (Å²) in [5, 5.41) is 8.81. The molecule has 9 heteroatoms. The SMILES string of the molecule is O=C(O)C(CCC(F)(F)F)NS(=O)(=O)Cc1ccccc1. The smallest absolute Gasteiger partial charge is 0.389 e. The topological polar surface area (TPSA) is 83.5 Å². The predicted octanol–water partition coefficient (Wildman–Crippen LogP) is 1.90. The molecule has 0 amide bonds. The van der Waals surface area contributed by atoms with Gasteiger partial charge >= 0.3 is 12.1 Å². The molecular weight excluding hydrogens is 311 g/mol. The summed E-state index contributed by atoms with van der Waals surface area (Å²) >= 11 is 0. The van der Waals surface area contributed by atoms with E-state index >= 15 is 0 Å². The number of hydrogen-bond donors (Lipinski definition) is 2. The Bertz CT molecular complexity index is 572. The molecule has 1 aromatic rings. The lowest BCUT2D eigenvalue weighted by atomic mass is 10.2. The average molecular weight is 325 g/mol. The van der Waals surface area contributed by atoms with Crippen LogP contribution in [0.5, 0.6) is 0 Å². The second-order valence-electron chi connectivity index (χ2n) is 4.41. The summed E-state index contributed by atoms with van der Waals surface area (Å²) in [5.41, 5.74) is 0.407. The van der Waals surface area contributed by atoms with Crippen molar-refractivity contribution in [2.75, 3.05) is 0 Å². The maximum absolute atomic E-state index is 12.1. The molecule has 118 valence electrons. The molecular formula is C12H14F3NO4S. The number of sulfonamides is 1. The van der Waals surface area contributed by atoms with Gasteiger partial charge in [-0.2, -0.15) is 13.2 Å². The molecule has 0 aliphatic carbocycles. The van der Waals surface area contributed by atoms with Crippen molar-refractivity contribution in [2.24, 2.45) is 0 Å². The Morgan fingerprint density at radius 2 is 1.81 bits per heavy atom. The molecule has 2 N–H and O–H groups in total. The molecule has 0 aromatic heterocycles. The summed E-state index contributed by atoms with van der Waals surface area (Å²) in [6.45, 7) is 0. The van der Waals surface area contributed by atoms with Gasteiger partial charge in [-0.05, 0) is 12.0 Å². The van der Waals surface area contributed by atoms with Crippen molar-refractivity contribution < 1.29 is 31.5 Å². The third kappa shape index (κ3) is 7.09. The summed E-state index contributed by atoms with van der Waals surface area (Å²) < 4.78 is 61.6. The molecule has 0 heterocycles. The molecule has 1 rings (SSSR count). The van der Waals surface area contributed by atoms with Crippen LogP contribution in [0.2, 0.25) is 0 Å². The highest BCUT2D eigenvalue weighted by Crippen LogP contribution is 2.22. The number of carboxylic acid groups (broad SMARTS) is 1. The minimum atomic E-state index is -4.54. The highest BCUT2D eigenvalue weighted by molar-refractivity contribution is 7.88. The summed E-state index contributed by atoms with van der Waals surface area (Å²) in [5.74, 6) is -2.14. The molecule has 0 spiro atoms. The van der Waals surface area contributed by atoms with E-state index in [1.54, 1.807) is 22.9 Å². The van der Waals surface area contributed by atoms with Gasteiger partial charge in [0, 0.05) is 6.42 Å². The van der Waals surface area contributed by atoms with Crippen LogP contribution in [-0.4, -0.2) is 31.7 Å². The van der Waals surface area contributed by atoms with Crippen LogP contribution in [0.15, 0.2) is 30.3 Å². The van der Waals surface area contributed by atoms with Crippen LogP contribution >= 0.6 is 0 Å². The summed E-state index contributed by atoms with van der Waals surface area (Å²) in [7, 11) is -4.04. The van der Waals surface area contributed by atoms with E-state index in [1.165, 1.54) is 12.1 Å². The normalized spacial score (nSPS) is 13.9. The van der Waals surface area contributed by atoms with Gasteiger partial charge in [0.1, 0.15) is 6.04 Å². The molecule has 0 saturated heterocycles. The van der Waals surface area contributed by atoms with Crippen LogP contribution < -0.4 is 4.72 Å². The number of aliphatic carboxylic acids is 1. The number of carbonyl (C=O) groups is 1. The maximum atomic E-state index is 12.1. The fraction of sp³-hybridized carbons (Fsp3) is 0.417.